The molecule has 0 unspecified atom stereocenters. The Bertz CT molecular complexity index is 511. The van der Waals surface area contributed by atoms with Crippen molar-refractivity contribution in [3.63, 3.8) is 0 Å². The van der Waals surface area contributed by atoms with Crippen LogP contribution in [0.5, 0.6) is 11.5 Å². The third-order valence-corrected chi connectivity index (χ3v) is 3.28. The molecule has 1 aliphatic rings. The monoisotopic (exact) mass is 383 g/mol. The van der Waals surface area contributed by atoms with Gasteiger partial charge in [0.05, 0.1) is 0 Å². The number of halogens is 7. The minimum Gasteiger partial charge on any atom is -0.454 e. The first kappa shape index (κ1) is 17.3. The van der Waals surface area contributed by atoms with Gasteiger partial charge in [-0.15, -0.1) is 12.4 Å². The van der Waals surface area contributed by atoms with Crippen molar-refractivity contribution in [2.45, 2.75) is 18.1 Å². The Kier molecular flexibility index (Phi) is 4.77. The molecular weight excluding hydrogens is 376 g/mol. The van der Waals surface area contributed by atoms with Crippen molar-refractivity contribution in [1.82, 2.24) is 0 Å². The van der Waals surface area contributed by atoms with Crippen LogP contribution >= 0.6 is 28.3 Å². The van der Waals surface area contributed by atoms with Gasteiger partial charge in [-0.1, -0.05) is 15.9 Å². The normalized spacial score (nSPS) is 15.8. The summed E-state index contributed by atoms with van der Waals surface area (Å²) in [7, 11) is 0. The van der Waals surface area contributed by atoms with E-state index in [2.05, 4.69) is 15.9 Å². The van der Waals surface area contributed by atoms with Crippen molar-refractivity contribution in [2.24, 2.45) is 5.73 Å². The van der Waals surface area contributed by atoms with Gasteiger partial charge in [0.2, 0.25) is 6.79 Å². The minimum absolute atomic E-state index is 0. The van der Waals surface area contributed by atoms with Gasteiger partial charge in [0.15, 0.2) is 11.5 Å². The van der Waals surface area contributed by atoms with Crippen LogP contribution in [-0.4, -0.2) is 18.9 Å². The highest BCUT2D eigenvalue weighted by molar-refractivity contribution is 9.10. The second kappa shape index (κ2) is 5.53. The van der Waals surface area contributed by atoms with Gasteiger partial charge in [0.1, 0.15) is 6.04 Å². The number of fused-ring (bicyclic) bond motifs is 1. The van der Waals surface area contributed by atoms with E-state index in [1.807, 2.05) is 0 Å². The highest BCUT2D eigenvalue weighted by Gasteiger charge is 2.62. The molecule has 3 nitrogen and oxygen atoms in total. The Balaban J connectivity index is 0.00000200. The third-order valence-electron chi connectivity index (χ3n) is 2.60. The largest absolute Gasteiger partial charge is 0.455 e. The second-order valence-corrected chi connectivity index (χ2v) is 4.68. The third kappa shape index (κ3) is 2.79. The van der Waals surface area contributed by atoms with E-state index < -0.39 is 23.7 Å². The average molecular weight is 385 g/mol. The van der Waals surface area contributed by atoms with Gasteiger partial charge in [0, 0.05) is 4.47 Å². The van der Waals surface area contributed by atoms with E-state index in [1.54, 1.807) is 0 Å². The standard InChI is InChI=1S/C10H7BrF5NO2.ClH/c11-5-2-7-6(18-3-19-7)1-4(5)8(17)9(12,13)10(14,15)16;/h1-2,8H,3,17H2;1H/t8-;/m1./s1. The Labute approximate surface area is 124 Å². The molecule has 0 fully saturated rings. The van der Waals surface area contributed by atoms with E-state index in [9.17, 15) is 22.0 Å². The fraction of sp³-hybridized carbons (Fsp3) is 0.400. The highest BCUT2D eigenvalue weighted by Crippen LogP contribution is 2.47. The Morgan fingerprint density at radius 2 is 1.60 bits per heavy atom. The fourth-order valence-electron chi connectivity index (χ4n) is 1.54. The van der Waals surface area contributed by atoms with Crippen LogP contribution in [0.1, 0.15) is 11.6 Å². The summed E-state index contributed by atoms with van der Waals surface area (Å²) in [5.74, 6) is -4.73. The summed E-state index contributed by atoms with van der Waals surface area (Å²) in [6.07, 6.45) is -5.73. The lowest BCUT2D eigenvalue weighted by Gasteiger charge is -2.26. The highest BCUT2D eigenvalue weighted by atomic mass is 79.9. The van der Waals surface area contributed by atoms with Crippen LogP contribution in [0.4, 0.5) is 22.0 Å². The zero-order valence-corrected chi connectivity index (χ0v) is 11.9. The quantitative estimate of drug-likeness (QED) is 0.789. The molecule has 20 heavy (non-hydrogen) atoms. The maximum atomic E-state index is 13.2. The van der Waals surface area contributed by atoms with Crippen LogP contribution in [0, 0.1) is 0 Å². The van der Waals surface area contributed by atoms with Gasteiger partial charge in [-0.05, 0) is 17.7 Å². The first-order valence-electron chi connectivity index (χ1n) is 4.93. The first-order chi connectivity index (χ1) is 8.64. The van der Waals surface area contributed by atoms with Crippen LogP contribution in [0.3, 0.4) is 0 Å². The zero-order valence-electron chi connectivity index (χ0n) is 9.51. The van der Waals surface area contributed by atoms with E-state index in [-0.39, 0.29) is 35.2 Å². The number of ether oxygens (including phenoxy) is 2. The molecule has 1 aromatic carbocycles. The Morgan fingerprint density at radius 1 is 1.10 bits per heavy atom. The van der Waals surface area contributed by atoms with Crippen LogP contribution in [0.2, 0.25) is 0 Å². The lowest BCUT2D eigenvalue weighted by atomic mass is 10.0. The number of alkyl halides is 5. The number of nitrogens with two attached hydrogens (primary N) is 1. The molecule has 0 saturated heterocycles. The van der Waals surface area contributed by atoms with Gasteiger partial charge in [-0.3, -0.25) is 0 Å². The molecule has 0 bridgehead atoms. The molecule has 1 aliphatic heterocycles. The predicted octanol–water partition coefficient (Wildman–Crippen LogP) is 3.80. The van der Waals surface area contributed by atoms with Crippen LogP contribution < -0.4 is 15.2 Å². The second-order valence-electron chi connectivity index (χ2n) is 3.83. The first-order valence-corrected chi connectivity index (χ1v) is 5.73. The smallest absolute Gasteiger partial charge is 0.454 e. The summed E-state index contributed by atoms with van der Waals surface area (Å²) in [6, 6.07) is -0.294. The summed E-state index contributed by atoms with van der Waals surface area (Å²) < 4.78 is 73.1. The zero-order chi connectivity index (χ0) is 14.4. The van der Waals surface area contributed by atoms with Crippen molar-refractivity contribution in [1.29, 1.82) is 0 Å². The summed E-state index contributed by atoms with van der Waals surface area (Å²) in [4.78, 5) is 0. The number of hydrogen-bond acceptors (Lipinski definition) is 3. The van der Waals surface area contributed by atoms with Crippen molar-refractivity contribution < 1.29 is 31.4 Å². The van der Waals surface area contributed by atoms with Gasteiger partial charge in [-0.2, -0.15) is 22.0 Å². The molecule has 2 N–H and O–H groups in total. The summed E-state index contributed by atoms with van der Waals surface area (Å²) in [5, 5.41) is 0. The Morgan fingerprint density at radius 3 is 2.10 bits per heavy atom. The van der Waals surface area contributed by atoms with E-state index in [0.717, 1.165) is 6.07 Å². The van der Waals surface area contributed by atoms with Gasteiger partial charge in [-0.25, -0.2) is 0 Å². The molecule has 0 spiro atoms. The molecule has 0 aromatic heterocycles. The van der Waals surface area contributed by atoms with Crippen molar-refractivity contribution >= 4 is 28.3 Å². The van der Waals surface area contributed by atoms with Crippen molar-refractivity contribution in [3.05, 3.63) is 22.2 Å². The Hall–Kier alpha value is -0.800. The molecule has 0 aliphatic carbocycles. The number of rotatable bonds is 2. The topological polar surface area (TPSA) is 44.5 Å². The molecular formula is C10H8BrClF5NO2. The minimum atomic E-state index is -5.73. The van der Waals surface area contributed by atoms with Crippen LogP contribution in [0.15, 0.2) is 16.6 Å². The van der Waals surface area contributed by atoms with Crippen molar-refractivity contribution in [3.8, 4) is 11.5 Å². The maximum absolute atomic E-state index is 13.2. The summed E-state index contributed by atoms with van der Waals surface area (Å²) in [6.45, 7) is -0.129. The molecule has 2 rings (SSSR count). The number of benzene rings is 1. The number of hydrogen-bond donors (Lipinski definition) is 1. The molecule has 1 aromatic rings. The van der Waals surface area contributed by atoms with E-state index in [0.29, 0.717) is 0 Å². The van der Waals surface area contributed by atoms with E-state index in [4.69, 9.17) is 15.2 Å². The SMILES string of the molecule is Cl.N[C@H](c1cc2c(cc1Br)OCO2)C(F)(F)C(F)(F)F. The molecule has 0 amide bonds. The maximum Gasteiger partial charge on any atom is 0.455 e. The fourth-order valence-corrected chi connectivity index (χ4v) is 2.11. The lowest BCUT2D eigenvalue weighted by molar-refractivity contribution is -0.291. The van der Waals surface area contributed by atoms with E-state index >= 15 is 0 Å². The molecule has 1 atom stereocenters. The van der Waals surface area contributed by atoms with Crippen LogP contribution in [-0.2, 0) is 0 Å². The molecule has 1 heterocycles. The lowest BCUT2D eigenvalue weighted by Crippen LogP contribution is -2.46. The van der Waals surface area contributed by atoms with Crippen LogP contribution in [0.25, 0.3) is 0 Å². The average Bonchev–Trinajstić information content (AvgIpc) is 2.72. The van der Waals surface area contributed by atoms with Gasteiger partial charge in [0.25, 0.3) is 0 Å². The summed E-state index contributed by atoms with van der Waals surface area (Å²) >= 11 is 2.89. The predicted molar refractivity (Wildman–Crippen MR) is 65.4 cm³/mol. The molecule has 10 heteroatoms. The van der Waals surface area contributed by atoms with Gasteiger partial charge >= 0.3 is 12.1 Å². The molecule has 114 valence electrons. The molecule has 0 radical (unpaired) electrons. The molecule has 0 saturated carbocycles. The van der Waals surface area contributed by atoms with Gasteiger partial charge < -0.3 is 15.2 Å². The summed E-state index contributed by atoms with van der Waals surface area (Å²) in [5.41, 5.74) is 4.65. The van der Waals surface area contributed by atoms with Crippen molar-refractivity contribution in [2.75, 3.05) is 6.79 Å². The van der Waals surface area contributed by atoms with E-state index in [1.165, 1.54) is 6.07 Å².